The van der Waals surface area contributed by atoms with Gasteiger partial charge in [-0.05, 0) is 18.6 Å². The summed E-state index contributed by atoms with van der Waals surface area (Å²) in [6.45, 7) is 5.27. The number of pyridine rings is 1. The first-order valence-electron chi connectivity index (χ1n) is 5.83. The van der Waals surface area contributed by atoms with Crippen LogP contribution in [0.15, 0.2) is 23.1 Å². The van der Waals surface area contributed by atoms with Crippen LogP contribution in [0.5, 0.6) is 0 Å². The van der Waals surface area contributed by atoms with Crippen molar-refractivity contribution in [2.75, 3.05) is 26.8 Å². The second-order valence-corrected chi connectivity index (χ2v) is 4.04. The van der Waals surface area contributed by atoms with E-state index in [1.54, 1.807) is 19.4 Å². The van der Waals surface area contributed by atoms with Gasteiger partial charge in [0.1, 0.15) is 0 Å². The van der Waals surface area contributed by atoms with E-state index in [-0.39, 0.29) is 5.56 Å². The summed E-state index contributed by atoms with van der Waals surface area (Å²) < 4.78 is 4.94. The molecule has 0 bridgehead atoms. The molecule has 17 heavy (non-hydrogen) atoms. The summed E-state index contributed by atoms with van der Waals surface area (Å²) in [6.07, 6.45) is 1.67. The van der Waals surface area contributed by atoms with Gasteiger partial charge < -0.3 is 20.4 Å². The van der Waals surface area contributed by atoms with Crippen LogP contribution in [0.3, 0.4) is 0 Å². The van der Waals surface area contributed by atoms with E-state index in [9.17, 15) is 4.79 Å². The fraction of sp³-hybridized carbons (Fsp3) is 0.583. The molecule has 1 atom stereocenters. The predicted octanol–water partition coefficient (Wildman–Crippen LogP) is 0.0890. The number of methoxy groups -OCH3 is 1. The predicted molar refractivity (Wildman–Crippen MR) is 68.1 cm³/mol. The summed E-state index contributed by atoms with van der Waals surface area (Å²) in [5, 5.41) is 6.63. The van der Waals surface area contributed by atoms with Crippen LogP contribution in [-0.2, 0) is 11.3 Å². The molecule has 0 amide bonds. The molecular formula is C12H21N3O2. The molecule has 1 rings (SSSR count). The van der Waals surface area contributed by atoms with Crippen LogP contribution in [-0.4, -0.2) is 37.8 Å². The molecule has 0 saturated heterocycles. The van der Waals surface area contributed by atoms with E-state index >= 15 is 0 Å². The SMILES string of the molecule is COCCNCC(C)NCc1cc[nH]c(=O)c1. The van der Waals surface area contributed by atoms with Gasteiger partial charge in [0.05, 0.1) is 6.61 Å². The van der Waals surface area contributed by atoms with Gasteiger partial charge >= 0.3 is 0 Å². The minimum Gasteiger partial charge on any atom is -0.383 e. The van der Waals surface area contributed by atoms with Crippen LogP contribution in [0.2, 0.25) is 0 Å². The number of H-pyrrole nitrogens is 1. The maximum absolute atomic E-state index is 11.1. The summed E-state index contributed by atoms with van der Waals surface area (Å²) in [6, 6.07) is 3.86. The zero-order valence-corrected chi connectivity index (χ0v) is 10.5. The molecule has 0 spiro atoms. The normalized spacial score (nSPS) is 12.6. The number of hydrogen-bond donors (Lipinski definition) is 3. The van der Waals surface area contributed by atoms with Gasteiger partial charge in [0.2, 0.25) is 5.56 Å². The van der Waals surface area contributed by atoms with Gasteiger partial charge in [-0.2, -0.15) is 0 Å². The van der Waals surface area contributed by atoms with Crippen LogP contribution in [0, 0.1) is 0 Å². The van der Waals surface area contributed by atoms with Crippen LogP contribution in [0.25, 0.3) is 0 Å². The van der Waals surface area contributed by atoms with Gasteiger partial charge in [0, 0.05) is 45.0 Å². The molecule has 0 aliphatic carbocycles. The fourth-order valence-corrected chi connectivity index (χ4v) is 1.46. The lowest BCUT2D eigenvalue weighted by Gasteiger charge is -2.14. The average Bonchev–Trinajstić information content (AvgIpc) is 2.32. The molecular weight excluding hydrogens is 218 g/mol. The Morgan fingerprint density at radius 3 is 3.06 bits per heavy atom. The average molecular weight is 239 g/mol. The Labute approximate surface area is 102 Å². The van der Waals surface area contributed by atoms with E-state index in [0.29, 0.717) is 12.6 Å². The Kier molecular flexibility index (Phi) is 6.54. The maximum atomic E-state index is 11.1. The molecule has 3 N–H and O–H groups in total. The van der Waals surface area contributed by atoms with Crippen molar-refractivity contribution < 1.29 is 4.74 Å². The number of aromatic nitrogens is 1. The molecule has 1 aromatic rings. The summed E-state index contributed by atoms with van der Waals surface area (Å²) in [7, 11) is 1.69. The quantitative estimate of drug-likeness (QED) is 0.562. The molecule has 0 fully saturated rings. The highest BCUT2D eigenvalue weighted by atomic mass is 16.5. The van der Waals surface area contributed by atoms with Gasteiger partial charge in [-0.3, -0.25) is 4.79 Å². The zero-order chi connectivity index (χ0) is 12.5. The van der Waals surface area contributed by atoms with E-state index < -0.39 is 0 Å². The van der Waals surface area contributed by atoms with Crippen molar-refractivity contribution >= 4 is 0 Å². The summed E-state index contributed by atoms with van der Waals surface area (Å²) >= 11 is 0. The zero-order valence-electron chi connectivity index (χ0n) is 10.5. The van der Waals surface area contributed by atoms with Crippen molar-refractivity contribution in [3.63, 3.8) is 0 Å². The number of hydrogen-bond acceptors (Lipinski definition) is 4. The van der Waals surface area contributed by atoms with E-state index in [0.717, 1.165) is 25.3 Å². The third kappa shape index (κ3) is 6.21. The Morgan fingerprint density at radius 1 is 1.53 bits per heavy atom. The van der Waals surface area contributed by atoms with Crippen LogP contribution in [0.4, 0.5) is 0 Å². The highest BCUT2D eigenvalue weighted by molar-refractivity contribution is 5.09. The number of nitrogens with one attached hydrogen (secondary N) is 3. The Morgan fingerprint density at radius 2 is 2.35 bits per heavy atom. The van der Waals surface area contributed by atoms with Crippen molar-refractivity contribution in [3.05, 3.63) is 34.2 Å². The second-order valence-electron chi connectivity index (χ2n) is 4.04. The number of rotatable bonds is 8. The molecule has 5 nitrogen and oxygen atoms in total. The molecule has 96 valence electrons. The third-order valence-electron chi connectivity index (χ3n) is 2.43. The first kappa shape index (κ1) is 13.9. The van der Waals surface area contributed by atoms with Crippen molar-refractivity contribution in [1.82, 2.24) is 15.6 Å². The summed E-state index contributed by atoms with van der Waals surface area (Å²) in [4.78, 5) is 13.7. The standard InChI is InChI=1S/C12H21N3O2/c1-10(8-13-5-6-17-2)15-9-11-3-4-14-12(16)7-11/h3-4,7,10,13,15H,5-6,8-9H2,1-2H3,(H,14,16). The van der Waals surface area contributed by atoms with Gasteiger partial charge in [-0.25, -0.2) is 0 Å². The van der Waals surface area contributed by atoms with Gasteiger partial charge in [-0.15, -0.1) is 0 Å². The van der Waals surface area contributed by atoms with Gasteiger partial charge in [-0.1, -0.05) is 0 Å². The van der Waals surface area contributed by atoms with Crippen LogP contribution in [0.1, 0.15) is 12.5 Å². The Hall–Kier alpha value is -1.17. The third-order valence-corrected chi connectivity index (χ3v) is 2.43. The van der Waals surface area contributed by atoms with Gasteiger partial charge in [0.15, 0.2) is 0 Å². The lowest BCUT2D eigenvalue weighted by atomic mass is 10.2. The smallest absolute Gasteiger partial charge is 0.248 e. The topological polar surface area (TPSA) is 66.2 Å². The highest BCUT2D eigenvalue weighted by Crippen LogP contribution is 1.93. The molecule has 0 aliphatic heterocycles. The minimum absolute atomic E-state index is 0.0600. The molecule has 1 heterocycles. The second kappa shape index (κ2) is 8.00. The number of ether oxygens (including phenoxy) is 1. The largest absolute Gasteiger partial charge is 0.383 e. The monoisotopic (exact) mass is 239 g/mol. The van der Waals surface area contributed by atoms with Gasteiger partial charge in [0.25, 0.3) is 0 Å². The van der Waals surface area contributed by atoms with E-state index in [4.69, 9.17) is 4.74 Å². The lowest BCUT2D eigenvalue weighted by Crippen LogP contribution is -2.37. The first-order chi connectivity index (χ1) is 8.22. The highest BCUT2D eigenvalue weighted by Gasteiger charge is 2.01. The van der Waals surface area contributed by atoms with Crippen molar-refractivity contribution in [3.8, 4) is 0 Å². The van der Waals surface area contributed by atoms with Crippen molar-refractivity contribution in [2.45, 2.75) is 19.5 Å². The lowest BCUT2D eigenvalue weighted by molar-refractivity contribution is 0.198. The van der Waals surface area contributed by atoms with Crippen molar-refractivity contribution in [1.29, 1.82) is 0 Å². The molecule has 0 saturated carbocycles. The van der Waals surface area contributed by atoms with E-state index in [1.165, 1.54) is 0 Å². The minimum atomic E-state index is -0.0600. The Balaban J connectivity index is 2.19. The molecule has 0 radical (unpaired) electrons. The molecule has 0 aliphatic rings. The fourth-order valence-electron chi connectivity index (χ4n) is 1.46. The molecule has 1 unspecified atom stereocenters. The van der Waals surface area contributed by atoms with E-state index in [1.807, 2.05) is 6.07 Å². The summed E-state index contributed by atoms with van der Waals surface area (Å²) in [5.41, 5.74) is 0.938. The molecule has 5 heteroatoms. The van der Waals surface area contributed by atoms with Crippen molar-refractivity contribution in [2.24, 2.45) is 0 Å². The van der Waals surface area contributed by atoms with Crippen LogP contribution < -0.4 is 16.2 Å². The first-order valence-corrected chi connectivity index (χ1v) is 5.83. The molecule has 1 aromatic heterocycles. The number of aromatic amines is 1. The maximum Gasteiger partial charge on any atom is 0.248 e. The Bertz CT molecular complexity index is 365. The summed E-state index contributed by atoms with van der Waals surface area (Å²) in [5.74, 6) is 0. The van der Waals surface area contributed by atoms with E-state index in [2.05, 4.69) is 22.5 Å². The molecule has 0 aromatic carbocycles. The van der Waals surface area contributed by atoms with Crippen LogP contribution >= 0.6 is 0 Å².